The fourth-order valence-electron chi connectivity index (χ4n) is 5.08. The molecule has 1 saturated heterocycles. The Hall–Kier alpha value is -0.830. The van der Waals surface area contributed by atoms with Crippen molar-refractivity contribution in [2.24, 2.45) is 29.6 Å². The molecule has 3 aliphatic carbocycles. The maximum atomic E-state index is 10.9. The van der Waals surface area contributed by atoms with Crippen molar-refractivity contribution in [3.63, 3.8) is 0 Å². The van der Waals surface area contributed by atoms with E-state index >= 15 is 0 Å². The first-order valence-corrected chi connectivity index (χ1v) is 6.71. The summed E-state index contributed by atoms with van der Waals surface area (Å²) in [7, 11) is 0. The summed E-state index contributed by atoms with van der Waals surface area (Å²) >= 11 is 0. The molecule has 0 amide bonds. The lowest BCUT2D eigenvalue weighted by molar-refractivity contribution is -0.133. The van der Waals surface area contributed by atoms with E-state index < -0.39 is 5.97 Å². The molecule has 0 aromatic heterocycles. The second-order valence-electron chi connectivity index (χ2n) is 6.38. The molecule has 1 heterocycles. The lowest BCUT2D eigenvalue weighted by Gasteiger charge is -2.32. The Morgan fingerprint density at radius 2 is 2.12 bits per heavy atom. The van der Waals surface area contributed by atoms with E-state index in [1.807, 2.05) is 0 Å². The first-order valence-electron chi connectivity index (χ1n) is 6.71. The molecule has 3 saturated carbocycles. The van der Waals surface area contributed by atoms with Crippen LogP contribution in [0.15, 0.2) is 12.2 Å². The smallest absolute Gasteiger partial charge is 0.330 e. The molecule has 4 aliphatic rings. The van der Waals surface area contributed by atoms with Gasteiger partial charge in [0.25, 0.3) is 0 Å². The zero-order valence-electron chi connectivity index (χ0n) is 9.84. The lowest BCUT2D eigenvalue weighted by atomic mass is 9.73. The van der Waals surface area contributed by atoms with E-state index in [0.717, 1.165) is 23.7 Å². The summed E-state index contributed by atoms with van der Waals surface area (Å²) in [5, 5.41) is 8.94. The van der Waals surface area contributed by atoms with Crippen molar-refractivity contribution in [1.29, 1.82) is 0 Å². The Kier molecular flexibility index (Phi) is 1.87. The molecule has 0 aromatic carbocycles. The average Bonchev–Trinajstić information content (AvgIpc) is 2.69. The summed E-state index contributed by atoms with van der Waals surface area (Å²) in [6.07, 6.45) is 5.63. The normalized spacial score (nSPS) is 53.3. The van der Waals surface area contributed by atoms with Crippen molar-refractivity contribution in [2.75, 3.05) is 0 Å². The summed E-state index contributed by atoms with van der Waals surface area (Å²) < 4.78 is 5.68. The molecule has 3 heteroatoms. The third-order valence-electron chi connectivity index (χ3n) is 5.70. The van der Waals surface area contributed by atoms with Crippen LogP contribution in [0.4, 0.5) is 0 Å². The van der Waals surface area contributed by atoms with Gasteiger partial charge in [0.1, 0.15) is 0 Å². The molecular formula is C14H18O3. The van der Waals surface area contributed by atoms with Crippen molar-refractivity contribution in [2.45, 2.75) is 37.9 Å². The lowest BCUT2D eigenvalue weighted by Crippen LogP contribution is -2.29. The van der Waals surface area contributed by atoms with Gasteiger partial charge in [0.2, 0.25) is 0 Å². The van der Waals surface area contributed by atoms with Gasteiger partial charge in [-0.1, -0.05) is 6.58 Å². The molecular weight excluding hydrogens is 216 g/mol. The Bertz CT molecular complexity index is 402. The highest BCUT2D eigenvalue weighted by Crippen LogP contribution is 2.66. The van der Waals surface area contributed by atoms with Crippen LogP contribution in [0.25, 0.3) is 0 Å². The molecule has 92 valence electrons. The quantitative estimate of drug-likeness (QED) is 0.601. The molecule has 0 aromatic rings. The number of hydrogen-bond donors (Lipinski definition) is 1. The number of carboxylic acid groups (broad SMARTS) is 1. The fraction of sp³-hybridized carbons (Fsp3) is 0.786. The molecule has 2 bridgehead atoms. The van der Waals surface area contributed by atoms with Crippen molar-refractivity contribution >= 4 is 5.97 Å². The summed E-state index contributed by atoms with van der Waals surface area (Å²) in [5.74, 6) is 2.97. The third-order valence-corrected chi connectivity index (χ3v) is 5.70. The van der Waals surface area contributed by atoms with Crippen LogP contribution in [-0.4, -0.2) is 23.3 Å². The molecule has 1 aliphatic heterocycles. The van der Waals surface area contributed by atoms with Crippen molar-refractivity contribution in [1.82, 2.24) is 0 Å². The highest BCUT2D eigenvalue weighted by atomic mass is 16.6. The Labute approximate surface area is 101 Å². The molecule has 7 unspecified atom stereocenters. The Morgan fingerprint density at radius 1 is 1.29 bits per heavy atom. The second-order valence-corrected chi connectivity index (χ2v) is 6.38. The van der Waals surface area contributed by atoms with Gasteiger partial charge in [-0.15, -0.1) is 0 Å². The molecule has 4 fully saturated rings. The topological polar surface area (TPSA) is 49.8 Å². The minimum atomic E-state index is -0.823. The van der Waals surface area contributed by atoms with Gasteiger partial charge in [0, 0.05) is 5.57 Å². The number of carboxylic acids is 1. The summed E-state index contributed by atoms with van der Waals surface area (Å²) in [6, 6.07) is 0. The van der Waals surface area contributed by atoms with E-state index in [4.69, 9.17) is 9.84 Å². The molecule has 7 atom stereocenters. The van der Waals surface area contributed by atoms with Gasteiger partial charge in [-0.25, -0.2) is 4.79 Å². The number of epoxide rings is 1. The first kappa shape index (κ1) is 10.1. The van der Waals surface area contributed by atoms with E-state index in [2.05, 4.69) is 6.58 Å². The van der Waals surface area contributed by atoms with Crippen LogP contribution >= 0.6 is 0 Å². The first-order chi connectivity index (χ1) is 8.15. The average molecular weight is 234 g/mol. The van der Waals surface area contributed by atoms with Crippen LogP contribution in [0.1, 0.15) is 25.7 Å². The van der Waals surface area contributed by atoms with Gasteiger partial charge in [-0.05, 0) is 55.3 Å². The van der Waals surface area contributed by atoms with Gasteiger partial charge in [0.15, 0.2) is 0 Å². The number of hydrogen-bond acceptors (Lipinski definition) is 2. The van der Waals surface area contributed by atoms with Crippen LogP contribution < -0.4 is 0 Å². The molecule has 0 radical (unpaired) electrons. The summed E-state index contributed by atoms with van der Waals surface area (Å²) in [4.78, 5) is 10.9. The van der Waals surface area contributed by atoms with Gasteiger partial charge in [-0.2, -0.15) is 0 Å². The maximum Gasteiger partial charge on any atom is 0.330 e. The minimum absolute atomic E-state index is 0.394. The van der Waals surface area contributed by atoms with Crippen LogP contribution in [0, 0.1) is 29.6 Å². The SMILES string of the molecule is C=C(CC1CC2CC1C1C2CC2OC21)C(=O)O. The molecule has 4 rings (SSSR count). The van der Waals surface area contributed by atoms with E-state index in [9.17, 15) is 4.79 Å². The Morgan fingerprint density at radius 3 is 2.88 bits per heavy atom. The third kappa shape index (κ3) is 1.29. The minimum Gasteiger partial charge on any atom is -0.478 e. The van der Waals surface area contributed by atoms with E-state index in [1.54, 1.807) is 0 Å². The van der Waals surface area contributed by atoms with Gasteiger partial charge >= 0.3 is 5.97 Å². The van der Waals surface area contributed by atoms with Crippen LogP contribution in [0.2, 0.25) is 0 Å². The molecule has 1 N–H and O–H groups in total. The predicted molar refractivity (Wildman–Crippen MR) is 61.4 cm³/mol. The van der Waals surface area contributed by atoms with Gasteiger partial charge in [-0.3, -0.25) is 0 Å². The largest absolute Gasteiger partial charge is 0.478 e. The van der Waals surface area contributed by atoms with Crippen LogP contribution in [-0.2, 0) is 9.53 Å². The molecule has 0 spiro atoms. The summed E-state index contributed by atoms with van der Waals surface area (Å²) in [5.41, 5.74) is 0.394. The zero-order chi connectivity index (χ0) is 11.7. The zero-order valence-corrected chi connectivity index (χ0v) is 9.84. The van der Waals surface area contributed by atoms with Crippen LogP contribution in [0.5, 0.6) is 0 Å². The van der Waals surface area contributed by atoms with E-state index in [-0.39, 0.29) is 0 Å². The number of aliphatic carboxylic acids is 1. The van der Waals surface area contributed by atoms with Crippen LogP contribution in [0.3, 0.4) is 0 Å². The van der Waals surface area contributed by atoms with Gasteiger partial charge < -0.3 is 9.84 Å². The van der Waals surface area contributed by atoms with Crippen molar-refractivity contribution < 1.29 is 14.6 Å². The standard InChI is InChI=1S/C14H18O3/c1-6(14(15)16)2-7-3-8-4-9(7)12-10(8)5-11-13(12)17-11/h7-13H,1-5H2,(H,15,16). The number of rotatable bonds is 3. The second kappa shape index (κ2) is 3.14. The highest BCUT2D eigenvalue weighted by molar-refractivity contribution is 5.85. The van der Waals surface area contributed by atoms with Gasteiger partial charge in [0.05, 0.1) is 12.2 Å². The van der Waals surface area contributed by atoms with E-state index in [1.165, 1.54) is 19.3 Å². The Balaban J connectivity index is 1.50. The summed E-state index contributed by atoms with van der Waals surface area (Å²) in [6.45, 7) is 3.69. The molecule has 3 nitrogen and oxygen atoms in total. The molecule has 17 heavy (non-hydrogen) atoms. The van der Waals surface area contributed by atoms with E-state index in [0.29, 0.717) is 30.1 Å². The highest BCUT2D eigenvalue weighted by Gasteiger charge is 2.66. The number of ether oxygens (including phenoxy) is 1. The predicted octanol–water partition coefficient (Wildman–Crippen LogP) is 2.08. The monoisotopic (exact) mass is 234 g/mol. The van der Waals surface area contributed by atoms with Crippen molar-refractivity contribution in [3.05, 3.63) is 12.2 Å². The van der Waals surface area contributed by atoms with Crippen molar-refractivity contribution in [3.8, 4) is 0 Å². The maximum absolute atomic E-state index is 10.9. The number of carbonyl (C=O) groups is 1. The fourth-order valence-corrected chi connectivity index (χ4v) is 5.08. The number of fused-ring (bicyclic) bond motifs is 7.